The molecule has 106 valence electrons. The van der Waals surface area contributed by atoms with E-state index in [0.29, 0.717) is 12.2 Å². The molecule has 0 spiro atoms. The first kappa shape index (κ1) is 15.7. The lowest BCUT2D eigenvalue weighted by atomic mass is 10.3. The summed E-state index contributed by atoms with van der Waals surface area (Å²) < 4.78 is 1.39. The van der Waals surface area contributed by atoms with Crippen molar-refractivity contribution in [2.24, 2.45) is 0 Å². The van der Waals surface area contributed by atoms with Crippen LogP contribution in [0.15, 0.2) is 23.1 Å². The van der Waals surface area contributed by atoms with Gasteiger partial charge in [-0.3, -0.25) is 4.79 Å². The first-order valence-electron chi connectivity index (χ1n) is 6.31. The van der Waals surface area contributed by atoms with E-state index in [4.69, 9.17) is 11.6 Å². The van der Waals surface area contributed by atoms with Crippen LogP contribution < -0.4 is 10.9 Å². The van der Waals surface area contributed by atoms with E-state index in [1.807, 2.05) is 38.1 Å². The Bertz CT molecular complexity index is 482. The largest absolute Gasteiger partial charge is 0.382 e. The Balaban J connectivity index is 2.71. The Morgan fingerprint density at radius 1 is 1.53 bits per heavy atom. The van der Waals surface area contributed by atoms with Crippen LogP contribution in [0, 0.1) is 0 Å². The summed E-state index contributed by atoms with van der Waals surface area (Å²) in [4.78, 5) is 14.0. The lowest BCUT2D eigenvalue weighted by Gasteiger charge is -2.12. The number of allylic oxidation sites excluding steroid dienone is 1. The average molecular weight is 285 g/mol. The highest BCUT2D eigenvalue weighted by atomic mass is 35.5. The standard InChI is InChI=1S/C13H21ClN4O/c1-4-5-6-7-15-11-10-16-18(9-8-17(2)3)13(19)12(11)14/h4-5,10,15H,6-9H2,1-3H3/b5-4+. The van der Waals surface area contributed by atoms with Crippen molar-refractivity contribution in [3.05, 3.63) is 33.7 Å². The molecular weight excluding hydrogens is 264 g/mol. The maximum absolute atomic E-state index is 12.0. The van der Waals surface area contributed by atoms with Crippen LogP contribution in [0.2, 0.25) is 5.02 Å². The van der Waals surface area contributed by atoms with Gasteiger partial charge >= 0.3 is 0 Å². The molecule has 0 saturated heterocycles. The molecular formula is C13H21ClN4O. The topological polar surface area (TPSA) is 50.2 Å². The van der Waals surface area contributed by atoms with Crippen molar-refractivity contribution < 1.29 is 0 Å². The van der Waals surface area contributed by atoms with Crippen LogP contribution in [0.3, 0.4) is 0 Å². The van der Waals surface area contributed by atoms with Crippen LogP contribution in [0.1, 0.15) is 13.3 Å². The fourth-order valence-corrected chi connectivity index (χ4v) is 1.71. The van der Waals surface area contributed by atoms with Crippen molar-refractivity contribution >= 4 is 17.3 Å². The van der Waals surface area contributed by atoms with E-state index in [1.165, 1.54) is 4.68 Å². The molecule has 1 heterocycles. The molecule has 0 radical (unpaired) electrons. The number of anilines is 1. The number of rotatable bonds is 7. The van der Waals surface area contributed by atoms with E-state index in [2.05, 4.69) is 10.4 Å². The van der Waals surface area contributed by atoms with E-state index in [1.54, 1.807) is 6.20 Å². The van der Waals surface area contributed by atoms with E-state index in [0.717, 1.165) is 19.5 Å². The predicted molar refractivity (Wildman–Crippen MR) is 80.0 cm³/mol. The number of hydrogen-bond donors (Lipinski definition) is 1. The molecule has 1 aromatic heterocycles. The summed E-state index contributed by atoms with van der Waals surface area (Å²) in [5.74, 6) is 0. The molecule has 1 rings (SSSR count). The fraction of sp³-hybridized carbons (Fsp3) is 0.538. The highest BCUT2D eigenvalue weighted by Gasteiger charge is 2.08. The Labute approximate surface area is 118 Å². The third kappa shape index (κ3) is 5.04. The molecule has 19 heavy (non-hydrogen) atoms. The number of nitrogens with zero attached hydrogens (tertiary/aromatic N) is 3. The van der Waals surface area contributed by atoms with Gasteiger partial charge in [0.1, 0.15) is 5.02 Å². The molecule has 6 heteroatoms. The predicted octanol–water partition coefficient (Wildman–Crippen LogP) is 1.84. The van der Waals surface area contributed by atoms with Gasteiger partial charge in [-0.1, -0.05) is 23.8 Å². The fourth-order valence-electron chi connectivity index (χ4n) is 1.50. The molecule has 0 fully saturated rings. The SMILES string of the molecule is C/C=C/CCNc1cnn(CCN(C)C)c(=O)c1Cl. The van der Waals surface area contributed by atoms with Gasteiger partial charge in [-0.05, 0) is 27.4 Å². The van der Waals surface area contributed by atoms with Crippen molar-refractivity contribution in [1.82, 2.24) is 14.7 Å². The first-order chi connectivity index (χ1) is 9.06. The Kier molecular flexibility index (Phi) is 6.59. The zero-order valence-electron chi connectivity index (χ0n) is 11.7. The molecule has 0 aliphatic heterocycles. The molecule has 1 aromatic rings. The van der Waals surface area contributed by atoms with Crippen LogP contribution in [0.5, 0.6) is 0 Å². The smallest absolute Gasteiger partial charge is 0.287 e. The van der Waals surface area contributed by atoms with Gasteiger partial charge in [-0.25, -0.2) is 4.68 Å². The van der Waals surface area contributed by atoms with Gasteiger partial charge in [0.15, 0.2) is 0 Å². The summed E-state index contributed by atoms with van der Waals surface area (Å²) in [6, 6.07) is 0. The van der Waals surface area contributed by atoms with Crippen LogP contribution in [0.4, 0.5) is 5.69 Å². The molecule has 0 aliphatic rings. The number of likely N-dealkylation sites (N-methyl/N-ethyl adjacent to an activating group) is 1. The van der Waals surface area contributed by atoms with Crippen LogP contribution >= 0.6 is 11.6 Å². The summed E-state index contributed by atoms with van der Waals surface area (Å²) in [6.07, 6.45) is 6.53. The van der Waals surface area contributed by atoms with E-state index < -0.39 is 0 Å². The molecule has 1 N–H and O–H groups in total. The van der Waals surface area contributed by atoms with Crippen molar-refractivity contribution in [3.8, 4) is 0 Å². The Hall–Kier alpha value is -1.33. The first-order valence-corrected chi connectivity index (χ1v) is 6.69. The van der Waals surface area contributed by atoms with E-state index in [9.17, 15) is 4.79 Å². The molecule has 0 unspecified atom stereocenters. The highest BCUT2D eigenvalue weighted by molar-refractivity contribution is 6.32. The van der Waals surface area contributed by atoms with Gasteiger partial charge in [-0.2, -0.15) is 5.10 Å². The minimum atomic E-state index is -0.250. The van der Waals surface area contributed by atoms with Crippen LogP contribution in [-0.4, -0.2) is 41.9 Å². The second kappa shape index (κ2) is 7.96. The van der Waals surface area contributed by atoms with Crippen molar-refractivity contribution in [1.29, 1.82) is 0 Å². The maximum Gasteiger partial charge on any atom is 0.287 e. The Morgan fingerprint density at radius 2 is 2.26 bits per heavy atom. The van der Waals surface area contributed by atoms with Gasteiger partial charge in [0.25, 0.3) is 5.56 Å². The lowest BCUT2D eigenvalue weighted by molar-refractivity contribution is 0.367. The molecule has 0 saturated carbocycles. The van der Waals surface area contributed by atoms with Crippen LogP contribution in [0.25, 0.3) is 0 Å². The van der Waals surface area contributed by atoms with Gasteiger partial charge in [0.05, 0.1) is 18.4 Å². The molecule has 0 aromatic carbocycles. The number of aromatic nitrogens is 2. The molecule has 0 aliphatic carbocycles. The normalized spacial score (nSPS) is 11.4. The summed E-state index contributed by atoms with van der Waals surface area (Å²) in [5, 5.41) is 7.44. The average Bonchev–Trinajstić information content (AvgIpc) is 2.38. The summed E-state index contributed by atoms with van der Waals surface area (Å²) in [6.45, 7) is 3.98. The minimum absolute atomic E-state index is 0.203. The monoisotopic (exact) mass is 284 g/mol. The van der Waals surface area contributed by atoms with Crippen molar-refractivity contribution in [2.45, 2.75) is 19.9 Å². The third-order valence-corrected chi connectivity index (χ3v) is 2.97. The van der Waals surface area contributed by atoms with E-state index in [-0.39, 0.29) is 10.6 Å². The van der Waals surface area contributed by atoms with Crippen LogP contribution in [-0.2, 0) is 6.54 Å². The highest BCUT2D eigenvalue weighted by Crippen LogP contribution is 2.14. The minimum Gasteiger partial charge on any atom is -0.382 e. The second-order valence-corrected chi connectivity index (χ2v) is 4.87. The van der Waals surface area contributed by atoms with Gasteiger partial charge in [0, 0.05) is 13.1 Å². The van der Waals surface area contributed by atoms with Crippen molar-refractivity contribution in [3.63, 3.8) is 0 Å². The Morgan fingerprint density at radius 3 is 2.89 bits per heavy atom. The summed E-state index contributed by atoms with van der Waals surface area (Å²) in [7, 11) is 3.90. The van der Waals surface area contributed by atoms with E-state index >= 15 is 0 Å². The number of nitrogens with one attached hydrogen (secondary N) is 1. The van der Waals surface area contributed by atoms with Gasteiger partial charge in [-0.15, -0.1) is 0 Å². The summed E-state index contributed by atoms with van der Waals surface area (Å²) >= 11 is 6.06. The molecule has 0 amide bonds. The number of hydrogen-bond acceptors (Lipinski definition) is 4. The maximum atomic E-state index is 12.0. The molecule has 0 bridgehead atoms. The number of halogens is 1. The zero-order valence-corrected chi connectivity index (χ0v) is 12.4. The second-order valence-electron chi connectivity index (χ2n) is 4.49. The zero-order chi connectivity index (χ0) is 14.3. The summed E-state index contributed by atoms with van der Waals surface area (Å²) in [5.41, 5.74) is 0.344. The molecule has 5 nitrogen and oxygen atoms in total. The quantitative estimate of drug-likeness (QED) is 0.613. The van der Waals surface area contributed by atoms with Gasteiger partial charge < -0.3 is 10.2 Å². The van der Waals surface area contributed by atoms with Crippen molar-refractivity contribution in [2.75, 3.05) is 32.5 Å². The molecule has 0 atom stereocenters. The lowest BCUT2D eigenvalue weighted by Crippen LogP contribution is -2.29. The van der Waals surface area contributed by atoms with Gasteiger partial charge in [0.2, 0.25) is 0 Å². The third-order valence-electron chi connectivity index (χ3n) is 2.61.